The standard InChI is InChI=1S/C32H28FN7O2S/c33-25-12-20(15-34)4-5-21(25)6-8-23-2-1-3-30(36-23)39-11-10-38(28-14-29(28)39)18-31-37-26-9-7-22(32(41)42)13-27(26)40(31)17-24-16-35-19-43-24/h1-5,7,9,12-13,16,19,28-29H,6,8,10-11,14,17-18H2,(H,41,42). The second kappa shape index (κ2) is 11.2. The highest BCUT2D eigenvalue weighted by Crippen LogP contribution is 2.40. The minimum atomic E-state index is -0.954. The number of fused-ring (bicyclic) bond motifs is 2. The predicted molar refractivity (Wildman–Crippen MR) is 161 cm³/mol. The van der Waals surface area contributed by atoms with Gasteiger partial charge < -0.3 is 14.6 Å². The van der Waals surface area contributed by atoms with E-state index in [-0.39, 0.29) is 11.4 Å². The average Bonchev–Trinajstić information content (AvgIpc) is 3.53. The van der Waals surface area contributed by atoms with Gasteiger partial charge in [-0.05, 0) is 67.3 Å². The largest absolute Gasteiger partial charge is 0.478 e. The summed E-state index contributed by atoms with van der Waals surface area (Å²) in [5.41, 5.74) is 5.48. The smallest absolute Gasteiger partial charge is 0.335 e. The van der Waals surface area contributed by atoms with Gasteiger partial charge in [-0.1, -0.05) is 12.1 Å². The van der Waals surface area contributed by atoms with Gasteiger partial charge in [0.15, 0.2) is 0 Å². The Morgan fingerprint density at radius 2 is 1.98 bits per heavy atom. The third-order valence-corrected chi connectivity index (χ3v) is 9.12. The van der Waals surface area contributed by atoms with Crippen LogP contribution in [0.1, 0.15) is 44.3 Å². The van der Waals surface area contributed by atoms with Gasteiger partial charge in [0.05, 0.1) is 46.8 Å². The van der Waals surface area contributed by atoms with Crippen LogP contribution in [0.2, 0.25) is 0 Å². The van der Waals surface area contributed by atoms with Gasteiger partial charge in [0.25, 0.3) is 0 Å². The van der Waals surface area contributed by atoms with E-state index in [0.717, 1.165) is 52.8 Å². The minimum Gasteiger partial charge on any atom is -0.478 e. The molecule has 0 spiro atoms. The predicted octanol–water partition coefficient (Wildman–Crippen LogP) is 4.89. The number of piperazine rings is 1. The van der Waals surface area contributed by atoms with Gasteiger partial charge in [-0.15, -0.1) is 11.3 Å². The van der Waals surface area contributed by atoms with Gasteiger partial charge in [0.1, 0.15) is 17.5 Å². The Kier molecular flexibility index (Phi) is 7.08. The van der Waals surface area contributed by atoms with Crippen LogP contribution in [0.5, 0.6) is 0 Å². The molecule has 1 N–H and O–H groups in total. The molecule has 216 valence electrons. The third kappa shape index (κ3) is 5.47. The Balaban J connectivity index is 1.06. The lowest BCUT2D eigenvalue weighted by molar-refractivity contribution is 0.0697. The summed E-state index contributed by atoms with van der Waals surface area (Å²) < 4.78 is 16.5. The number of hydrogen-bond acceptors (Lipinski definition) is 8. The van der Waals surface area contributed by atoms with Crippen molar-refractivity contribution in [2.24, 2.45) is 0 Å². The number of pyridine rings is 1. The summed E-state index contributed by atoms with van der Waals surface area (Å²) in [7, 11) is 0. The first-order chi connectivity index (χ1) is 21.0. The number of imidazole rings is 1. The van der Waals surface area contributed by atoms with Crippen molar-refractivity contribution in [2.45, 2.75) is 44.4 Å². The van der Waals surface area contributed by atoms with E-state index in [0.29, 0.717) is 49.1 Å². The molecule has 2 atom stereocenters. The molecule has 0 amide bonds. The van der Waals surface area contributed by atoms with E-state index in [1.54, 1.807) is 47.2 Å². The normalized spacial score (nSPS) is 18.0. The van der Waals surface area contributed by atoms with E-state index in [4.69, 9.17) is 15.2 Å². The molecular weight excluding hydrogens is 565 g/mol. The fourth-order valence-corrected chi connectivity index (χ4v) is 6.64. The zero-order chi connectivity index (χ0) is 29.5. The van der Waals surface area contributed by atoms with Crippen LogP contribution >= 0.6 is 11.3 Å². The Morgan fingerprint density at radius 3 is 2.77 bits per heavy atom. The van der Waals surface area contributed by atoms with Crippen LogP contribution < -0.4 is 4.90 Å². The van der Waals surface area contributed by atoms with Crippen molar-refractivity contribution < 1.29 is 14.3 Å². The summed E-state index contributed by atoms with van der Waals surface area (Å²) in [5.74, 6) is 0.559. The van der Waals surface area contributed by atoms with E-state index in [1.165, 1.54) is 6.07 Å². The van der Waals surface area contributed by atoms with Crippen molar-refractivity contribution >= 4 is 34.2 Å². The molecule has 2 aliphatic rings. The summed E-state index contributed by atoms with van der Waals surface area (Å²) in [6.45, 7) is 2.96. The first-order valence-corrected chi connectivity index (χ1v) is 15.1. The Labute approximate surface area is 251 Å². The van der Waals surface area contributed by atoms with Crippen LogP contribution in [0.15, 0.2) is 66.3 Å². The molecule has 7 rings (SSSR count). The molecule has 2 fully saturated rings. The lowest BCUT2D eigenvalue weighted by Gasteiger charge is -2.35. The molecule has 43 heavy (non-hydrogen) atoms. The SMILES string of the molecule is N#Cc1ccc(CCc2cccc(N3CCN(Cc4nc5ccc(C(=O)O)cc5n4Cc4cncs4)C4CC43)n2)c(F)c1. The van der Waals surface area contributed by atoms with Crippen LogP contribution in [-0.2, 0) is 25.9 Å². The van der Waals surface area contributed by atoms with Gasteiger partial charge >= 0.3 is 5.97 Å². The molecule has 0 radical (unpaired) electrons. The lowest BCUT2D eigenvalue weighted by Crippen LogP contribution is -2.46. The average molecular weight is 594 g/mol. The van der Waals surface area contributed by atoms with E-state index >= 15 is 0 Å². The van der Waals surface area contributed by atoms with Gasteiger partial charge in [-0.3, -0.25) is 9.88 Å². The monoisotopic (exact) mass is 593 g/mol. The summed E-state index contributed by atoms with van der Waals surface area (Å²) in [6.07, 6.45) is 4.02. The van der Waals surface area contributed by atoms with Crippen molar-refractivity contribution in [1.82, 2.24) is 24.4 Å². The van der Waals surface area contributed by atoms with Gasteiger partial charge in [0.2, 0.25) is 0 Å². The second-order valence-electron chi connectivity index (χ2n) is 11.0. The van der Waals surface area contributed by atoms with Crippen molar-refractivity contribution in [2.75, 3.05) is 18.0 Å². The second-order valence-corrected chi connectivity index (χ2v) is 12.0. The maximum absolute atomic E-state index is 14.4. The van der Waals surface area contributed by atoms with Crippen molar-refractivity contribution in [1.29, 1.82) is 5.26 Å². The number of carboxylic acids is 1. The topological polar surface area (TPSA) is 111 Å². The van der Waals surface area contributed by atoms with Gasteiger partial charge in [-0.2, -0.15) is 5.26 Å². The van der Waals surface area contributed by atoms with Crippen LogP contribution in [0, 0.1) is 17.1 Å². The van der Waals surface area contributed by atoms with Gasteiger partial charge in [0, 0.05) is 41.9 Å². The molecular formula is C32H28FN7O2S. The number of aromatic carboxylic acids is 1. The quantitative estimate of drug-likeness (QED) is 0.257. The molecule has 2 unspecified atom stereocenters. The van der Waals surface area contributed by atoms with Crippen LogP contribution in [0.3, 0.4) is 0 Å². The molecule has 1 saturated carbocycles. The highest BCUT2D eigenvalue weighted by Gasteiger charge is 2.49. The number of benzene rings is 2. The van der Waals surface area contributed by atoms with E-state index in [1.807, 2.05) is 30.5 Å². The Morgan fingerprint density at radius 1 is 1.07 bits per heavy atom. The van der Waals surface area contributed by atoms with E-state index in [2.05, 4.69) is 19.4 Å². The molecule has 5 aromatic rings. The summed E-state index contributed by atoms with van der Waals surface area (Å²) in [4.78, 5) is 31.7. The Hall–Kier alpha value is -4.66. The first kappa shape index (κ1) is 27.2. The lowest BCUT2D eigenvalue weighted by atomic mass is 10.1. The maximum atomic E-state index is 14.4. The molecule has 9 nitrogen and oxygen atoms in total. The zero-order valence-corrected chi connectivity index (χ0v) is 24.0. The number of aryl methyl sites for hydroxylation is 2. The molecule has 3 aromatic heterocycles. The van der Waals surface area contributed by atoms with Crippen LogP contribution in [0.4, 0.5) is 10.2 Å². The highest BCUT2D eigenvalue weighted by atomic mass is 32.1. The molecule has 0 bridgehead atoms. The number of carboxylic acid groups (broad SMARTS) is 1. The number of nitrogens with zero attached hydrogens (tertiary/aromatic N) is 7. The number of anilines is 1. The fraction of sp³-hybridized carbons (Fsp3) is 0.281. The highest BCUT2D eigenvalue weighted by molar-refractivity contribution is 7.09. The van der Waals surface area contributed by atoms with Crippen molar-refractivity contribution in [3.8, 4) is 6.07 Å². The summed E-state index contributed by atoms with van der Waals surface area (Å²) in [6, 6.07) is 18.5. The number of hydrogen-bond donors (Lipinski definition) is 1. The number of rotatable bonds is 9. The first-order valence-electron chi connectivity index (χ1n) is 14.2. The van der Waals surface area contributed by atoms with E-state index < -0.39 is 5.97 Å². The summed E-state index contributed by atoms with van der Waals surface area (Å²) in [5, 5.41) is 18.6. The van der Waals surface area contributed by atoms with E-state index in [9.17, 15) is 14.3 Å². The van der Waals surface area contributed by atoms with Crippen molar-refractivity contribution in [3.05, 3.63) is 105 Å². The number of carbonyl (C=O) groups is 1. The van der Waals surface area contributed by atoms with Gasteiger partial charge in [-0.25, -0.2) is 19.2 Å². The fourth-order valence-electron chi connectivity index (χ4n) is 6.05. The van der Waals surface area contributed by atoms with Crippen LogP contribution in [0.25, 0.3) is 11.0 Å². The van der Waals surface area contributed by atoms with Crippen molar-refractivity contribution in [3.63, 3.8) is 0 Å². The third-order valence-electron chi connectivity index (χ3n) is 8.36. The number of nitriles is 1. The minimum absolute atomic E-state index is 0.247. The molecule has 4 heterocycles. The number of thiazole rings is 1. The Bertz CT molecular complexity index is 1870. The molecule has 1 aliphatic heterocycles. The zero-order valence-electron chi connectivity index (χ0n) is 23.2. The summed E-state index contributed by atoms with van der Waals surface area (Å²) >= 11 is 1.57. The molecule has 1 saturated heterocycles. The number of aromatic nitrogens is 4. The van der Waals surface area contributed by atoms with Crippen LogP contribution in [-0.4, -0.2) is 60.7 Å². The molecule has 11 heteroatoms. The number of halogens is 1. The molecule has 1 aliphatic carbocycles. The maximum Gasteiger partial charge on any atom is 0.335 e. The molecule has 2 aromatic carbocycles.